The lowest BCUT2D eigenvalue weighted by atomic mass is 10.1. The van der Waals surface area contributed by atoms with E-state index in [0.29, 0.717) is 35.0 Å². The summed E-state index contributed by atoms with van der Waals surface area (Å²) in [5, 5.41) is 5.62. The molecule has 3 aromatic rings. The predicted octanol–water partition coefficient (Wildman–Crippen LogP) is 4.19. The van der Waals surface area contributed by atoms with Crippen LogP contribution in [0.5, 0.6) is 0 Å². The molecule has 1 saturated carbocycles. The average Bonchev–Trinajstić information content (AvgIpc) is 3.64. The Hall–Kier alpha value is -3.49. The number of carbonyl (C=O) groups excluding carboxylic acids is 2. The highest BCUT2D eigenvalue weighted by Gasteiger charge is 2.24. The lowest BCUT2D eigenvalue weighted by Crippen LogP contribution is -2.26. The van der Waals surface area contributed by atoms with Crippen molar-refractivity contribution in [2.75, 3.05) is 17.2 Å². The van der Waals surface area contributed by atoms with Gasteiger partial charge in [0.15, 0.2) is 0 Å². The third-order valence-corrected chi connectivity index (χ3v) is 6.94. The number of para-hydroxylation sites is 1. The van der Waals surface area contributed by atoms with Crippen molar-refractivity contribution < 1.29 is 18.0 Å². The normalized spacial score (nSPS) is 13.4. The molecule has 1 aliphatic rings. The van der Waals surface area contributed by atoms with Crippen molar-refractivity contribution in [3.8, 4) is 0 Å². The van der Waals surface area contributed by atoms with E-state index in [1.807, 2.05) is 18.2 Å². The maximum atomic E-state index is 12.9. The van der Waals surface area contributed by atoms with Gasteiger partial charge in [0.2, 0.25) is 10.0 Å². The van der Waals surface area contributed by atoms with Crippen molar-refractivity contribution in [3.05, 3.63) is 89.5 Å². The molecule has 7 nitrogen and oxygen atoms in total. The molecule has 170 valence electrons. The third kappa shape index (κ3) is 5.66. The second-order valence-electron chi connectivity index (χ2n) is 8.08. The molecule has 2 amide bonds. The average molecular weight is 464 g/mol. The number of nitrogens with one attached hydrogen (secondary N) is 3. The van der Waals surface area contributed by atoms with Gasteiger partial charge in [-0.2, -0.15) is 0 Å². The fourth-order valence-electron chi connectivity index (χ4n) is 3.37. The van der Waals surface area contributed by atoms with Crippen molar-refractivity contribution in [1.82, 2.24) is 4.72 Å². The van der Waals surface area contributed by atoms with E-state index in [-0.39, 0.29) is 16.4 Å². The van der Waals surface area contributed by atoms with Gasteiger partial charge < -0.3 is 10.6 Å². The standard InChI is InChI=1S/C25H25N3O4S/c1-17-22(25(30)27-20-8-3-2-4-9-20)11-6-12-23(17)28-24(29)19-7-5-10-21(15-19)33(31,32)26-16-18-13-14-18/h2-12,15,18,26H,13-14,16H2,1H3,(H,27,30)(H,28,29). The van der Waals surface area contributed by atoms with Gasteiger partial charge in [-0.15, -0.1) is 0 Å². The van der Waals surface area contributed by atoms with Crippen LogP contribution < -0.4 is 15.4 Å². The molecule has 1 fully saturated rings. The lowest BCUT2D eigenvalue weighted by molar-refractivity contribution is 0.101. The third-order valence-electron chi connectivity index (χ3n) is 5.52. The van der Waals surface area contributed by atoms with Crippen LogP contribution >= 0.6 is 0 Å². The first-order valence-electron chi connectivity index (χ1n) is 10.7. The number of amides is 2. The zero-order chi connectivity index (χ0) is 23.4. The molecule has 1 aliphatic carbocycles. The monoisotopic (exact) mass is 463 g/mol. The molecule has 33 heavy (non-hydrogen) atoms. The minimum Gasteiger partial charge on any atom is -0.322 e. The van der Waals surface area contributed by atoms with Crippen LogP contribution in [0.25, 0.3) is 0 Å². The van der Waals surface area contributed by atoms with Crippen LogP contribution in [-0.2, 0) is 10.0 Å². The largest absolute Gasteiger partial charge is 0.322 e. The van der Waals surface area contributed by atoms with Gasteiger partial charge in [-0.25, -0.2) is 13.1 Å². The zero-order valence-electron chi connectivity index (χ0n) is 18.2. The fourth-order valence-corrected chi connectivity index (χ4v) is 4.53. The van der Waals surface area contributed by atoms with Crippen molar-refractivity contribution in [2.45, 2.75) is 24.7 Å². The first-order valence-corrected chi connectivity index (χ1v) is 12.2. The zero-order valence-corrected chi connectivity index (χ0v) is 19.0. The molecule has 0 bridgehead atoms. The van der Waals surface area contributed by atoms with Gasteiger partial charge >= 0.3 is 0 Å². The highest BCUT2D eigenvalue weighted by Crippen LogP contribution is 2.28. The first kappa shape index (κ1) is 22.7. The van der Waals surface area contributed by atoms with Crippen LogP contribution in [0, 0.1) is 12.8 Å². The van der Waals surface area contributed by atoms with Crippen molar-refractivity contribution in [3.63, 3.8) is 0 Å². The Morgan fingerprint density at radius 3 is 2.33 bits per heavy atom. The molecule has 0 saturated heterocycles. The molecule has 4 rings (SSSR count). The highest BCUT2D eigenvalue weighted by atomic mass is 32.2. The van der Waals surface area contributed by atoms with Crippen LogP contribution in [0.15, 0.2) is 77.7 Å². The molecule has 0 spiro atoms. The van der Waals surface area contributed by atoms with Gasteiger partial charge in [0, 0.05) is 29.0 Å². The summed E-state index contributed by atoms with van der Waals surface area (Å²) in [4.78, 5) is 25.6. The number of anilines is 2. The van der Waals surface area contributed by atoms with Gasteiger partial charge in [-0.3, -0.25) is 9.59 Å². The van der Waals surface area contributed by atoms with Crippen LogP contribution in [0.2, 0.25) is 0 Å². The molecule has 0 atom stereocenters. The van der Waals surface area contributed by atoms with E-state index in [9.17, 15) is 18.0 Å². The van der Waals surface area contributed by atoms with Gasteiger partial charge in [0.25, 0.3) is 11.8 Å². The molecule has 8 heteroatoms. The number of hydrogen-bond acceptors (Lipinski definition) is 4. The maximum Gasteiger partial charge on any atom is 0.256 e. The summed E-state index contributed by atoms with van der Waals surface area (Å²) in [5.74, 6) is -0.344. The van der Waals surface area contributed by atoms with Gasteiger partial charge in [-0.1, -0.05) is 30.3 Å². The summed E-state index contributed by atoms with van der Waals surface area (Å²) < 4.78 is 27.7. The quantitative estimate of drug-likeness (QED) is 0.466. The van der Waals surface area contributed by atoms with Crippen molar-refractivity contribution in [1.29, 1.82) is 0 Å². The molecule has 3 N–H and O–H groups in total. The molecular formula is C25H25N3O4S. The molecule has 0 radical (unpaired) electrons. The minimum absolute atomic E-state index is 0.0449. The van der Waals surface area contributed by atoms with Crippen molar-refractivity contribution in [2.24, 2.45) is 5.92 Å². The van der Waals surface area contributed by atoms with E-state index in [0.717, 1.165) is 12.8 Å². The Bertz CT molecular complexity index is 1290. The Morgan fingerprint density at radius 1 is 0.879 bits per heavy atom. The van der Waals surface area contributed by atoms with E-state index in [1.165, 1.54) is 18.2 Å². The maximum absolute atomic E-state index is 12.9. The number of hydrogen-bond donors (Lipinski definition) is 3. The highest BCUT2D eigenvalue weighted by molar-refractivity contribution is 7.89. The number of benzene rings is 3. The molecule has 0 unspecified atom stereocenters. The van der Waals surface area contributed by atoms with Gasteiger partial charge in [0.05, 0.1) is 4.90 Å². The minimum atomic E-state index is -3.68. The Morgan fingerprint density at radius 2 is 1.61 bits per heavy atom. The van der Waals surface area contributed by atoms with Gasteiger partial charge in [0.1, 0.15) is 0 Å². The summed E-state index contributed by atoms with van der Waals surface area (Å²) in [7, 11) is -3.68. The van der Waals surface area contributed by atoms with E-state index >= 15 is 0 Å². The lowest BCUT2D eigenvalue weighted by Gasteiger charge is -2.13. The molecule has 3 aromatic carbocycles. The predicted molar refractivity (Wildman–Crippen MR) is 128 cm³/mol. The Balaban J connectivity index is 1.49. The van der Waals surface area contributed by atoms with E-state index in [4.69, 9.17) is 0 Å². The van der Waals surface area contributed by atoms with E-state index in [1.54, 1.807) is 43.3 Å². The SMILES string of the molecule is Cc1c(NC(=O)c2cccc(S(=O)(=O)NCC3CC3)c2)cccc1C(=O)Nc1ccccc1. The number of carbonyl (C=O) groups is 2. The van der Waals surface area contributed by atoms with E-state index in [2.05, 4.69) is 15.4 Å². The van der Waals surface area contributed by atoms with Crippen LogP contribution in [0.3, 0.4) is 0 Å². The van der Waals surface area contributed by atoms with Gasteiger partial charge in [-0.05, 0) is 73.7 Å². The summed E-state index contributed by atoms with van der Waals surface area (Å²) in [6.45, 7) is 2.16. The summed E-state index contributed by atoms with van der Waals surface area (Å²) in [6, 6.07) is 20.1. The first-order chi connectivity index (χ1) is 15.8. The molecular weight excluding hydrogens is 438 g/mol. The summed E-state index contributed by atoms with van der Waals surface area (Å²) >= 11 is 0. The fraction of sp³-hybridized carbons (Fsp3) is 0.200. The van der Waals surface area contributed by atoms with E-state index < -0.39 is 15.9 Å². The topological polar surface area (TPSA) is 104 Å². The second-order valence-corrected chi connectivity index (χ2v) is 9.84. The summed E-state index contributed by atoms with van der Waals surface area (Å²) in [6.07, 6.45) is 2.07. The number of rotatable bonds is 8. The Kier molecular flexibility index (Phi) is 6.57. The van der Waals surface area contributed by atoms with Crippen LogP contribution in [0.1, 0.15) is 39.1 Å². The molecule has 0 aromatic heterocycles. The van der Waals surface area contributed by atoms with Crippen molar-refractivity contribution >= 4 is 33.2 Å². The number of sulfonamides is 1. The molecule has 0 aliphatic heterocycles. The second kappa shape index (κ2) is 9.56. The van der Waals surface area contributed by atoms with Crippen LogP contribution in [0.4, 0.5) is 11.4 Å². The Labute approximate surface area is 193 Å². The smallest absolute Gasteiger partial charge is 0.256 e. The summed E-state index contributed by atoms with van der Waals surface area (Å²) in [5.41, 5.74) is 2.39. The molecule has 0 heterocycles. The van der Waals surface area contributed by atoms with Crippen LogP contribution in [-0.4, -0.2) is 26.8 Å².